The minimum atomic E-state index is -4.82. The van der Waals surface area contributed by atoms with Crippen LogP contribution in [0.1, 0.15) is 37.8 Å². The van der Waals surface area contributed by atoms with Crippen molar-refractivity contribution in [1.29, 1.82) is 0 Å². The molecule has 5 nitrogen and oxygen atoms in total. The van der Waals surface area contributed by atoms with E-state index in [0.717, 1.165) is 0 Å². The van der Waals surface area contributed by atoms with Crippen LogP contribution in [0, 0.1) is 5.92 Å². The molecule has 0 aliphatic carbocycles. The zero-order valence-electron chi connectivity index (χ0n) is 13.9. The molecular formula is C17H23F3N2O3. The second kappa shape index (κ2) is 8.62. The average molecular weight is 360 g/mol. The molecule has 1 saturated heterocycles. The predicted octanol–water partition coefficient (Wildman–Crippen LogP) is 2.59. The number of aliphatic hydroxyl groups excluding tert-OH is 1. The van der Waals surface area contributed by atoms with E-state index in [0.29, 0.717) is 31.4 Å². The smallest absolute Gasteiger partial charge is 0.396 e. The van der Waals surface area contributed by atoms with Gasteiger partial charge in [0.05, 0.1) is 12.2 Å². The van der Waals surface area contributed by atoms with E-state index in [-0.39, 0.29) is 25.7 Å². The number of nitrogens with one attached hydrogen (secondary N) is 1. The number of aliphatic hydroxyl groups is 1. The Kier molecular flexibility index (Phi) is 6.78. The number of carbonyl (C=O) groups excluding carboxylic acids is 1. The third-order valence-electron chi connectivity index (χ3n) is 4.43. The Morgan fingerprint density at radius 3 is 2.88 bits per heavy atom. The molecule has 1 amide bonds. The predicted molar refractivity (Wildman–Crippen MR) is 84.5 cm³/mol. The van der Waals surface area contributed by atoms with Crippen LogP contribution in [0.4, 0.5) is 13.2 Å². The first-order valence-corrected chi connectivity index (χ1v) is 8.39. The molecule has 1 aliphatic rings. The van der Waals surface area contributed by atoms with Crippen molar-refractivity contribution in [2.45, 2.75) is 50.4 Å². The summed E-state index contributed by atoms with van der Waals surface area (Å²) in [6, 6.07) is 5.00. The van der Waals surface area contributed by atoms with Crippen molar-refractivity contribution in [3.05, 3.63) is 30.1 Å². The van der Waals surface area contributed by atoms with Crippen molar-refractivity contribution in [2.24, 2.45) is 5.92 Å². The molecular weight excluding hydrogens is 337 g/mol. The number of nitrogens with zero attached hydrogens (tertiary/aromatic N) is 1. The summed E-state index contributed by atoms with van der Waals surface area (Å²) >= 11 is 0. The summed E-state index contributed by atoms with van der Waals surface area (Å²) in [5.41, 5.74) is -2.38. The SMILES string of the molecule is O=C(NCc1ccccn1)C1(C(F)(F)F)CC(CCCO)CCCO1. The van der Waals surface area contributed by atoms with E-state index in [9.17, 15) is 18.0 Å². The van der Waals surface area contributed by atoms with Gasteiger partial charge in [0.15, 0.2) is 0 Å². The summed E-state index contributed by atoms with van der Waals surface area (Å²) in [5, 5.41) is 11.3. The molecule has 2 atom stereocenters. The molecule has 140 valence electrons. The van der Waals surface area contributed by atoms with Gasteiger partial charge < -0.3 is 15.2 Å². The van der Waals surface area contributed by atoms with Crippen LogP contribution >= 0.6 is 0 Å². The molecule has 8 heteroatoms. The van der Waals surface area contributed by atoms with Gasteiger partial charge in [-0.3, -0.25) is 9.78 Å². The molecule has 0 spiro atoms. The highest BCUT2D eigenvalue weighted by molar-refractivity contribution is 5.86. The fourth-order valence-electron chi connectivity index (χ4n) is 3.11. The number of amides is 1. The maximum Gasteiger partial charge on any atom is 0.426 e. The Labute approximate surface area is 144 Å². The lowest BCUT2D eigenvalue weighted by atomic mass is 9.84. The maximum atomic E-state index is 13.8. The van der Waals surface area contributed by atoms with E-state index in [1.54, 1.807) is 18.2 Å². The largest absolute Gasteiger partial charge is 0.426 e. The van der Waals surface area contributed by atoms with Gasteiger partial charge in [0.25, 0.3) is 5.91 Å². The fraction of sp³-hybridized carbons (Fsp3) is 0.647. The van der Waals surface area contributed by atoms with E-state index in [4.69, 9.17) is 9.84 Å². The van der Waals surface area contributed by atoms with Crippen LogP contribution in [0.3, 0.4) is 0 Å². The van der Waals surface area contributed by atoms with E-state index >= 15 is 0 Å². The number of alkyl halides is 3. The van der Waals surface area contributed by atoms with E-state index in [2.05, 4.69) is 10.3 Å². The number of hydrogen-bond acceptors (Lipinski definition) is 4. The van der Waals surface area contributed by atoms with Crippen molar-refractivity contribution < 1.29 is 27.8 Å². The summed E-state index contributed by atoms with van der Waals surface area (Å²) in [6.45, 7) is -0.295. The highest BCUT2D eigenvalue weighted by Gasteiger charge is 2.62. The Morgan fingerprint density at radius 1 is 1.44 bits per heavy atom. The number of carbonyl (C=O) groups is 1. The monoisotopic (exact) mass is 360 g/mol. The zero-order chi connectivity index (χ0) is 18.3. The summed E-state index contributed by atoms with van der Waals surface area (Å²) in [6.07, 6.45) is -1.88. The molecule has 2 heterocycles. The molecule has 2 unspecified atom stereocenters. The molecule has 1 fully saturated rings. The number of rotatable bonds is 6. The van der Waals surface area contributed by atoms with Crippen LogP contribution in [0.25, 0.3) is 0 Å². The van der Waals surface area contributed by atoms with Crippen molar-refractivity contribution >= 4 is 5.91 Å². The van der Waals surface area contributed by atoms with Crippen LogP contribution in [0.2, 0.25) is 0 Å². The van der Waals surface area contributed by atoms with Crippen LogP contribution in [0.5, 0.6) is 0 Å². The Morgan fingerprint density at radius 2 is 2.24 bits per heavy atom. The first-order valence-electron chi connectivity index (χ1n) is 8.39. The van der Waals surface area contributed by atoms with Gasteiger partial charge in [-0.1, -0.05) is 6.07 Å². The summed E-state index contributed by atoms with van der Waals surface area (Å²) in [4.78, 5) is 16.5. The first-order chi connectivity index (χ1) is 11.9. The molecule has 1 aromatic rings. The highest BCUT2D eigenvalue weighted by Crippen LogP contribution is 2.42. The van der Waals surface area contributed by atoms with Gasteiger partial charge >= 0.3 is 6.18 Å². The normalized spacial score (nSPS) is 24.6. The zero-order valence-corrected chi connectivity index (χ0v) is 13.9. The minimum absolute atomic E-state index is 0.0811. The van der Waals surface area contributed by atoms with Crippen molar-refractivity contribution in [1.82, 2.24) is 10.3 Å². The number of hydrogen-bond donors (Lipinski definition) is 2. The molecule has 2 rings (SSSR count). The number of pyridine rings is 1. The van der Waals surface area contributed by atoms with Gasteiger partial charge in [-0.05, 0) is 50.2 Å². The molecule has 1 aliphatic heterocycles. The van der Waals surface area contributed by atoms with Crippen LogP contribution < -0.4 is 5.32 Å². The fourth-order valence-corrected chi connectivity index (χ4v) is 3.11. The summed E-state index contributed by atoms with van der Waals surface area (Å²) in [7, 11) is 0. The van der Waals surface area contributed by atoms with E-state index in [1.807, 2.05) is 0 Å². The van der Waals surface area contributed by atoms with Crippen molar-refractivity contribution in [2.75, 3.05) is 13.2 Å². The van der Waals surface area contributed by atoms with Gasteiger partial charge in [-0.2, -0.15) is 13.2 Å². The van der Waals surface area contributed by atoms with Gasteiger partial charge in [0.1, 0.15) is 0 Å². The number of ether oxygens (including phenoxy) is 1. The van der Waals surface area contributed by atoms with Crippen molar-refractivity contribution in [3.8, 4) is 0 Å². The molecule has 25 heavy (non-hydrogen) atoms. The topological polar surface area (TPSA) is 71.5 Å². The lowest BCUT2D eigenvalue weighted by Gasteiger charge is -2.34. The quantitative estimate of drug-likeness (QED) is 0.818. The van der Waals surface area contributed by atoms with Crippen molar-refractivity contribution in [3.63, 3.8) is 0 Å². The number of aromatic nitrogens is 1. The Balaban J connectivity index is 2.16. The highest BCUT2D eigenvalue weighted by atomic mass is 19.4. The van der Waals surface area contributed by atoms with Gasteiger partial charge in [0, 0.05) is 19.4 Å². The third kappa shape index (κ3) is 4.92. The molecule has 0 bridgehead atoms. The number of halogens is 3. The van der Waals surface area contributed by atoms with Crippen LogP contribution in [-0.4, -0.2) is 41.0 Å². The minimum Gasteiger partial charge on any atom is -0.396 e. The summed E-state index contributed by atoms with van der Waals surface area (Å²) < 4.78 is 46.5. The standard InChI is InChI=1S/C17H23F3N2O3/c18-17(19,20)16(11-13(5-3-9-23)6-4-10-25-16)15(24)22-12-14-7-1-2-8-21-14/h1-2,7-8,13,23H,3-6,9-12H2,(H,22,24). The second-order valence-corrected chi connectivity index (χ2v) is 6.26. The van der Waals surface area contributed by atoms with Crippen LogP contribution in [0.15, 0.2) is 24.4 Å². The third-order valence-corrected chi connectivity index (χ3v) is 4.43. The second-order valence-electron chi connectivity index (χ2n) is 6.26. The van der Waals surface area contributed by atoms with Gasteiger partial charge in [-0.25, -0.2) is 0 Å². The first kappa shape index (κ1) is 19.7. The molecule has 2 N–H and O–H groups in total. The Bertz CT molecular complexity index is 554. The molecule has 1 aromatic heterocycles. The summed E-state index contributed by atoms with van der Waals surface area (Å²) in [5.74, 6) is -1.50. The lowest BCUT2D eigenvalue weighted by Crippen LogP contribution is -2.59. The van der Waals surface area contributed by atoms with E-state index < -0.39 is 24.1 Å². The Hall–Kier alpha value is -1.67. The van der Waals surface area contributed by atoms with Gasteiger partial charge in [-0.15, -0.1) is 0 Å². The molecule has 0 aromatic carbocycles. The van der Waals surface area contributed by atoms with Gasteiger partial charge in [0.2, 0.25) is 5.60 Å². The maximum absolute atomic E-state index is 13.8. The molecule has 0 radical (unpaired) electrons. The van der Waals surface area contributed by atoms with E-state index in [1.165, 1.54) is 6.20 Å². The average Bonchev–Trinajstić information content (AvgIpc) is 2.82. The van der Waals surface area contributed by atoms with Crippen LogP contribution in [-0.2, 0) is 16.1 Å². The molecule has 0 saturated carbocycles. The lowest BCUT2D eigenvalue weighted by molar-refractivity contribution is -0.269.